The zero-order chi connectivity index (χ0) is 17.1. The number of nitrogens with one attached hydrogen (secondary N) is 3. The van der Waals surface area contributed by atoms with Gasteiger partial charge in [-0.05, 0) is 42.3 Å². The van der Waals surface area contributed by atoms with E-state index in [1.165, 1.54) is 5.56 Å². The summed E-state index contributed by atoms with van der Waals surface area (Å²) in [5, 5.41) is 2.83. The molecule has 5 nitrogen and oxygen atoms in total. The van der Waals surface area contributed by atoms with Gasteiger partial charge >= 0.3 is 0 Å². The lowest BCUT2D eigenvalue weighted by Gasteiger charge is -2.10. The van der Waals surface area contributed by atoms with Crippen LogP contribution in [0.25, 0.3) is 11.3 Å². The maximum absolute atomic E-state index is 12.3. The highest BCUT2D eigenvalue weighted by Crippen LogP contribution is 2.27. The number of furan rings is 1. The summed E-state index contributed by atoms with van der Waals surface area (Å²) in [5.74, 6) is 0.728. The zero-order valence-electron chi connectivity index (χ0n) is 13.7. The summed E-state index contributed by atoms with van der Waals surface area (Å²) in [7, 11) is 0. The van der Waals surface area contributed by atoms with E-state index in [2.05, 4.69) is 28.3 Å². The Balaban J connectivity index is 1.53. The first kappa shape index (κ1) is 15.6. The Bertz CT molecular complexity index is 867. The molecule has 25 heavy (non-hydrogen) atoms. The summed E-state index contributed by atoms with van der Waals surface area (Å²) >= 11 is 0. The number of para-hydroxylation sites is 1. The second-order valence-corrected chi connectivity index (χ2v) is 6.02. The number of hydrogen-bond donors (Lipinski definition) is 3. The van der Waals surface area contributed by atoms with Gasteiger partial charge in [-0.3, -0.25) is 15.6 Å². The number of hydrogen-bond acceptors (Lipinski definition) is 4. The largest absolute Gasteiger partial charge is 0.451 e. The van der Waals surface area contributed by atoms with Crippen molar-refractivity contribution in [2.75, 3.05) is 11.9 Å². The van der Waals surface area contributed by atoms with Crippen LogP contribution < -0.4 is 16.2 Å². The van der Waals surface area contributed by atoms with Crippen molar-refractivity contribution in [2.24, 2.45) is 0 Å². The average Bonchev–Trinajstić information content (AvgIpc) is 3.35. The van der Waals surface area contributed by atoms with Crippen molar-refractivity contribution < 1.29 is 9.21 Å². The van der Waals surface area contributed by atoms with Gasteiger partial charge < -0.3 is 9.73 Å². The molecule has 1 saturated heterocycles. The third kappa shape index (κ3) is 3.47. The molecule has 4 rings (SSSR count). The minimum Gasteiger partial charge on any atom is -0.451 e. The molecule has 0 spiro atoms. The number of amides is 1. The van der Waals surface area contributed by atoms with Crippen LogP contribution in [0.5, 0.6) is 0 Å². The molecule has 2 aromatic carbocycles. The van der Waals surface area contributed by atoms with E-state index in [0.29, 0.717) is 17.6 Å². The molecular formula is C20H19N3O2. The Hall–Kier alpha value is -2.89. The topological polar surface area (TPSA) is 66.3 Å². The maximum atomic E-state index is 12.3. The fourth-order valence-electron chi connectivity index (χ4n) is 2.97. The first-order chi connectivity index (χ1) is 12.3. The van der Waals surface area contributed by atoms with Gasteiger partial charge in [-0.2, -0.15) is 0 Å². The Kier molecular flexibility index (Phi) is 4.33. The minimum absolute atomic E-state index is 0.254. The van der Waals surface area contributed by atoms with Gasteiger partial charge in [0.2, 0.25) is 0 Å². The van der Waals surface area contributed by atoms with E-state index >= 15 is 0 Å². The lowest BCUT2D eigenvalue weighted by molar-refractivity contribution is 0.0997. The minimum atomic E-state index is -0.254. The lowest BCUT2D eigenvalue weighted by atomic mass is 10.0. The number of hydrazine groups is 1. The first-order valence-electron chi connectivity index (χ1n) is 8.34. The average molecular weight is 333 g/mol. The summed E-state index contributed by atoms with van der Waals surface area (Å²) in [6.07, 6.45) is 1.05. The van der Waals surface area contributed by atoms with Crippen LogP contribution >= 0.6 is 0 Å². The molecule has 1 amide bonds. The molecule has 1 unspecified atom stereocenters. The predicted octanol–water partition coefficient (Wildman–Crippen LogP) is 3.74. The third-order valence-corrected chi connectivity index (χ3v) is 4.27. The molecular weight excluding hydrogens is 314 g/mol. The maximum Gasteiger partial charge on any atom is 0.291 e. The molecule has 0 saturated carbocycles. The van der Waals surface area contributed by atoms with E-state index in [1.807, 2.05) is 48.5 Å². The van der Waals surface area contributed by atoms with Gasteiger partial charge in [0.05, 0.1) is 0 Å². The second-order valence-electron chi connectivity index (χ2n) is 6.02. The van der Waals surface area contributed by atoms with Crippen molar-refractivity contribution in [3.8, 4) is 11.3 Å². The molecule has 0 radical (unpaired) electrons. The van der Waals surface area contributed by atoms with Gasteiger partial charge in [-0.1, -0.05) is 36.4 Å². The molecule has 1 aliphatic rings. The number of benzene rings is 2. The van der Waals surface area contributed by atoms with Crippen molar-refractivity contribution in [2.45, 2.75) is 12.5 Å². The van der Waals surface area contributed by atoms with Crippen LogP contribution in [-0.2, 0) is 0 Å². The quantitative estimate of drug-likeness (QED) is 0.680. The smallest absolute Gasteiger partial charge is 0.291 e. The van der Waals surface area contributed by atoms with Crippen molar-refractivity contribution in [1.29, 1.82) is 0 Å². The van der Waals surface area contributed by atoms with Crippen molar-refractivity contribution in [1.82, 2.24) is 10.9 Å². The fraction of sp³-hybridized carbons (Fsp3) is 0.150. The first-order valence-corrected chi connectivity index (χ1v) is 8.34. The molecule has 1 fully saturated rings. The van der Waals surface area contributed by atoms with E-state index in [1.54, 1.807) is 6.07 Å². The molecule has 1 aromatic heterocycles. The Morgan fingerprint density at radius 1 is 1.04 bits per heavy atom. The number of anilines is 1. The second kappa shape index (κ2) is 6.93. The number of carbonyl (C=O) groups excluding carboxylic acids is 1. The molecule has 1 aliphatic heterocycles. The Labute approximate surface area is 146 Å². The van der Waals surface area contributed by atoms with Crippen molar-refractivity contribution in [3.05, 3.63) is 78.1 Å². The summed E-state index contributed by atoms with van der Waals surface area (Å²) in [4.78, 5) is 12.3. The fourth-order valence-corrected chi connectivity index (χ4v) is 2.97. The molecule has 1 atom stereocenters. The van der Waals surface area contributed by atoms with Crippen molar-refractivity contribution >= 4 is 11.6 Å². The summed E-state index contributed by atoms with van der Waals surface area (Å²) < 4.78 is 5.77. The Morgan fingerprint density at radius 3 is 2.72 bits per heavy atom. The van der Waals surface area contributed by atoms with Crippen LogP contribution in [0.2, 0.25) is 0 Å². The highest BCUT2D eigenvalue weighted by molar-refractivity contribution is 6.02. The van der Waals surface area contributed by atoms with E-state index < -0.39 is 0 Å². The molecule has 3 N–H and O–H groups in total. The van der Waals surface area contributed by atoms with Crippen LogP contribution in [0.4, 0.5) is 5.69 Å². The van der Waals surface area contributed by atoms with E-state index in [4.69, 9.17) is 4.42 Å². The highest BCUT2D eigenvalue weighted by atomic mass is 16.3. The third-order valence-electron chi connectivity index (χ3n) is 4.27. The van der Waals surface area contributed by atoms with Gasteiger partial charge in [-0.15, -0.1) is 0 Å². The van der Waals surface area contributed by atoms with Gasteiger partial charge in [-0.25, -0.2) is 0 Å². The predicted molar refractivity (Wildman–Crippen MR) is 97.0 cm³/mol. The zero-order valence-corrected chi connectivity index (χ0v) is 13.7. The summed E-state index contributed by atoms with van der Waals surface area (Å²) in [5.41, 5.74) is 9.31. The van der Waals surface area contributed by atoms with Gasteiger partial charge in [0.25, 0.3) is 5.91 Å². The van der Waals surface area contributed by atoms with Gasteiger partial charge in [0, 0.05) is 23.8 Å². The molecule has 3 aromatic rings. The normalized spacial score (nSPS) is 16.7. The lowest BCUT2D eigenvalue weighted by Crippen LogP contribution is -2.24. The van der Waals surface area contributed by atoms with Gasteiger partial charge in [0.1, 0.15) is 5.76 Å². The van der Waals surface area contributed by atoms with Crippen LogP contribution in [-0.4, -0.2) is 12.5 Å². The van der Waals surface area contributed by atoms with Crippen LogP contribution in [0.15, 0.2) is 71.1 Å². The number of carbonyl (C=O) groups is 1. The monoisotopic (exact) mass is 333 g/mol. The molecule has 126 valence electrons. The standard InChI is InChI=1S/C20H19N3O2/c24-20(22-16-7-2-1-3-8-16)19-10-9-18(25-19)15-6-4-5-14(13-15)17-11-12-21-23-17/h1-10,13,17,21,23H,11-12H2,(H,22,24). The molecule has 0 aliphatic carbocycles. The SMILES string of the molecule is O=C(Nc1ccccc1)c1ccc(-c2cccc(C3CCNN3)c2)o1. The van der Waals surface area contributed by atoms with E-state index in [0.717, 1.165) is 24.2 Å². The summed E-state index contributed by atoms with van der Waals surface area (Å²) in [6.45, 7) is 0.958. The highest BCUT2D eigenvalue weighted by Gasteiger charge is 2.17. The van der Waals surface area contributed by atoms with E-state index in [9.17, 15) is 4.79 Å². The Morgan fingerprint density at radius 2 is 1.92 bits per heavy atom. The van der Waals surface area contributed by atoms with Crippen LogP contribution in [0.3, 0.4) is 0 Å². The number of rotatable bonds is 4. The summed E-state index contributed by atoms with van der Waals surface area (Å²) in [6, 6.07) is 21.4. The van der Waals surface area contributed by atoms with E-state index in [-0.39, 0.29) is 5.91 Å². The van der Waals surface area contributed by atoms with Gasteiger partial charge in [0.15, 0.2) is 5.76 Å². The molecule has 5 heteroatoms. The van der Waals surface area contributed by atoms with Crippen molar-refractivity contribution in [3.63, 3.8) is 0 Å². The molecule has 2 heterocycles. The van der Waals surface area contributed by atoms with Crippen LogP contribution in [0.1, 0.15) is 28.6 Å². The van der Waals surface area contributed by atoms with Crippen LogP contribution in [0, 0.1) is 0 Å². The molecule has 0 bridgehead atoms.